The molecule has 0 aromatic heterocycles. The van der Waals surface area contributed by atoms with Gasteiger partial charge < -0.3 is 14.7 Å². The molecule has 2 rings (SSSR count). The van der Waals surface area contributed by atoms with Crippen molar-refractivity contribution in [2.24, 2.45) is 17.8 Å². The molecule has 0 unspecified atom stereocenters. The van der Waals surface area contributed by atoms with Gasteiger partial charge in [0.05, 0.1) is 13.0 Å². The van der Waals surface area contributed by atoms with Crippen molar-refractivity contribution in [3.05, 3.63) is 29.8 Å². The third-order valence-corrected chi connectivity index (χ3v) is 4.65. The summed E-state index contributed by atoms with van der Waals surface area (Å²) in [6.45, 7) is 4.91. The largest absolute Gasteiger partial charge is 0.497 e. The maximum atomic E-state index is 12.4. The van der Waals surface area contributed by atoms with Gasteiger partial charge >= 0.3 is 5.97 Å². The van der Waals surface area contributed by atoms with Crippen LogP contribution in [0.3, 0.4) is 0 Å². The topological polar surface area (TPSA) is 66.8 Å². The fourth-order valence-electron chi connectivity index (χ4n) is 3.21. The number of aryl methyl sites for hydroxylation is 1. The molecule has 1 aromatic carbocycles. The number of methoxy groups -OCH3 is 1. The Bertz CT molecular complexity index is 570. The first-order chi connectivity index (χ1) is 10.9. The summed E-state index contributed by atoms with van der Waals surface area (Å²) in [4.78, 5) is 25.5. The highest BCUT2D eigenvalue weighted by Gasteiger charge is 2.40. The average Bonchev–Trinajstić information content (AvgIpc) is 2.98. The summed E-state index contributed by atoms with van der Waals surface area (Å²) < 4.78 is 5.18. The van der Waals surface area contributed by atoms with Crippen molar-refractivity contribution in [3.63, 3.8) is 0 Å². The molecule has 23 heavy (non-hydrogen) atoms. The molecule has 2 atom stereocenters. The number of carbonyl (C=O) groups is 2. The number of aliphatic carboxylic acids is 1. The number of hydrogen-bond acceptors (Lipinski definition) is 3. The summed E-state index contributed by atoms with van der Waals surface area (Å²) >= 11 is 0. The number of likely N-dealkylation sites (tertiary alicyclic amines) is 1. The molecular weight excluding hydrogens is 294 g/mol. The predicted molar refractivity (Wildman–Crippen MR) is 87.3 cm³/mol. The minimum atomic E-state index is -0.799. The van der Waals surface area contributed by atoms with Crippen LogP contribution in [0.5, 0.6) is 5.75 Å². The first kappa shape index (κ1) is 17.3. The smallest absolute Gasteiger partial charge is 0.308 e. The Morgan fingerprint density at radius 1 is 1.35 bits per heavy atom. The summed E-state index contributed by atoms with van der Waals surface area (Å²) in [7, 11) is 1.62. The molecule has 1 saturated heterocycles. The molecule has 1 aromatic rings. The van der Waals surface area contributed by atoms with Gasteiger partial charge in [0.2, 0.25) is 5.91 Å². The maximum Gasteiger partial charge on any atom is 0.308 e. The number of rotatable bonds is 6. The van der Waals surface area contributed by atoms with Gasteiger partial charge in [-0.25, -0.2) is 0 Å². The van der Waals surface area contributed by atoms with Gasteiger partial charge in [0.1, 0.15) is 5.75 Å². The SMILES string of the molecule is COc1cccc(CCC(=O)N2C[C@@H](C(=O)O)[C@H](C(C)C)C2)c1. The molecule has 126 valence electrons. The minimum absolute atomic E-state index is 0.0298. The molecule has 0 aliphatic carbocycles. The third-order valence-electron chi connectivity index (χ3n) is 4.65. The second-order valence-electron chi connectivity index (χ2n) is 6.50. The summed E-state index contributed by atoms with van der Waals surface area (Å²) in [5.41, 5.74) is 1.05. The molecule has 1 amide bonds. The Kier molecular flexibility index (Phi) is 5.64. The van der Waals surface area contributed by atoms with Crippen molar-refractivity contribution in [1.29, 1.82) is 0 Å². The summed E-state index contributed by atoms with van der Waals surface area (Å²) in [6.07, 6.45) is 1.03. The van der Waals surface area contributed by atoms with Crippen LogP contribution in [-0.4, -0.2) is 42.1 Å². The number of amides is 1. The van der Waals surface area contributed by atoms with Gasteiger partial charge in [0.25, 0.3) is 0 Å². The van der Waals surface area contributed by atoms with Crippen LogP contribution in [0.4, 0.5) is 0 Å². The van der Waals surface area contributed by atoms with Crippen molar-refractivity contribution in [2.45, 2.75) is 26.7 Å². The molecule has 0 saturated carbocycles. The highest BCUT2D eigenvalue weighted by Crippen LogP contribution is 2.30. The number of benzene rings is 1. The quantitative estimate of drug-likeness (QED) is 0.874. The number of carbonyl (C=O) groups excluding carboxylic acids is 1. The molecule has 1 heterocycles. The fourth-order valence-corrected chi connectivity index (χ4v) is 3.21. The summed E-state index contributed by atoms with van der Waals surface area (Å²) in [5.74, 6) is -0.146. The zero-order chi connectivity index (χ0) is 17.0. The lowest BCUT2D eigenvalue weighted by molar-refractivity contribution is -0.143. The van der Waals surface area contributed by atoms with Gasteiger partial charge in [-0.15, -0.1) is 0 Å². The van der Waals surface area contributed by atoms with Gasteiger partial charge in [-0.05, 0) is 36.0 Å². The number of ether oxygens (including phenoxy) is 1. The molecule has 0 radical (unpaired) electrons. The van der Waals surface area contributed by atoms with E-state index < -0.39 is 11.9 Å². The van der Waals surface area contributed by atoms with Crippen LogP contribution < -0.4 is 4.74 Å². The number of carboxylic acid groups (broad SMARTS) is 1. The lowest BCUT2D eigenvalue weighted by atomic mass is 9.86. The Balaban J connectivity index is 1.94. The van der Waals surface area contributed by atoms with E-state index in [1.807, 2.05) is 38.1 Å². The van der Waals surface area contributed by atoms with Crippen molar-refractivity contribution in [1.82, 2.24) is 4.90 Å². The molecule has 5 heteroatoms. The Labute approximate surface area is 137 Å². The number of hydrogen-bond donors (Lipinski definition) is 1. The molecular formula is C18H25NO4. The van der Waals surface area contributed by atoms with E-state index in [9.17, 15) is 14.7 Å². The number of nitrogens with zero attached hydrogens (tertiary/aromatic N) is 1. The standard InChI is InChI=1S/C18H25NO4/c1-12(2)15-10-19(11-16(15)18(21)22)17(20)8-7-13-5-4-6-14(9-13)23-3/h4-6,9,12,15-16H,7-8,10-11H2,1-3H3,(H,21,22)/t15-,16+/m0/s1. The van der Waals surface area contributed by atoms with Crippen LogP contribution in [-0.2, 0) is 16.0 Å². The first-order valence-electron chi connectivity index (χ1n) is 8.06. The van der Waals surface area contributed by atoms with Gasteiger partial charge in [-0.2, -0.15) is 0 Å². The van der Waals surface area contributed by atoms with Gasteiger partial charge in [0.15, 0.2) is 0 Å². The second-order valence-corrected chi connectivity index (χ2v) is 6.50. The monoisotopic (exact) mass is 319 g/mol. The van der Waals surface area contributed by atoms with E-state index in [0.717, 1.165) is 11.3 Å². The zero-order valence-electron chi connectivity index (χ0n) is 14.0. The first-order valence-corrected chi connectivity index (χ1v) is 8.06. The second kappa shape index (κ2) is 7.49. The third kappa shape index (κ3) is 4.24. The van der Waals surface area contributed by atoms with Crippen molar-refractivity contribution in [3.8, 4) is 5.75 Å². The van der Waals surface area contributed by atoms with Crippen LogP contribution >= 0.6 is 0 Å². The molecule has 0 bridgehead atoms. The maximum absolute atomic E-state index is 12.4. The minimum Gasteiger partial charge on any atom is -0.497 e. The normalized spacial score (nSPS) is 20.8. The summed E-state index contributed by atoms with van der Waals surface area (Å²) in [5, 5.41) is 9.35. The summed E-state index contributed by atoms with van der Waals surface area (Å²) in [6, 6.07) is 7.67. The molecule has 0 spiro atoms. The average molecular weight is 319 g/mol. The lowest BCUT2D eigenvalue weighted by Crippen LogP contribution is -2.30. The zero-order valence-corrected chi connectivity index (χ0v) is 14.0. The van der Waals surface area contributed by atoms with Crippen molar-refractivity contribution >= 4 is 11.9 Å². The van der Waals surface area contributed by atoms with E-state index in [2.05, 4.69) is 0 Å². The number of carboxylic acids is 1. The van der Waals surface area contributed by atoms with Crippen LogP contribution in [0, 0.1) is 17.8 Å². The Hall–Kier alpha value is -2.04. The van der Waals surface area contributed by atoms with Crippen LogP contribution in [0.2, 0.25) is 0 Å². The molecule has 1 aliphatic heterocycles. The van der Waals surface area contributed by atoms with Gasteiger partial charge in [-0.3, -0.25) is 9.59 Å². The fraction of sp³-hybridized carbons (Fsp3) is 0.556. The highest BCUT2D eigenvalue weighted by atomic mass is 16.5. The van der Waals surface area contributed by atoms with Crippen LogP contribution in [0.15, 0.2) is 24.3 Å². The van der Waals surface area contributed by atoms with E-state index >= 15 is 0 Å². The van der Waals surface area contributed by atoms with Crippen molar-refractivity contribution in [2.75, 3.05) is 20.2 Å². The highest BCUT2D eigenvalue weighted by molar-refractivity contribution is 5.79. The van der Waals surface area contributed by atoms with E-state index in [-0.39, 0.29) is 17.7 Å². The predicted octanol–water partition coefficient (Wildman–Crippen LogP) is 2.44. The molecule has 1 fully saturated rings. The molecule has 1 aliphatic rings. The Morgan fingerprint density at radius 2 is 2.09 bits per heavy atom. The Morgan fingerprint density at radius 3 is 2.65 bits per heavy atom. The lowest BCUT2D eigenvalue weighted by Gasteiger charge is -2.18. The van der Waals surface area contributed by atoms with Crippen LogP contribution in [0.25, 0.3) is 0 Å². The van der Waals surface area contributed by atoms with Crippen LogP contribution in [0.1, 0.15) is 25.8 Å². The van der Waals surface area contributed by atoms with E-state index in [1.165, 1.54) is 0 Å². The van der Waals surface area contributed by atoms with E-state index in [0.29, 0.717) is 25.9 Å². The van der Waals surface area contributed by atoms with Crippen molar-refractivity contribution < 1.29 is 19.4 Å². The van der Waals surface area contributed by atoms with Gasteiger partial charge in [0, 0.05) is 19.5 Å². The molecule has 1 N–H and O–H groups in total. The van der Waals surface area contributed by atoms with Gasteiger partial charge in [-0.1, -0.05) is 26.0 Å². The van der Waals surface area contributed by atoms with E-state index in [4.69, 9.17) is 4.74 Å². The van der Waals surface area contributed by atoms with E-state index in [1.54, 1.807) is 12.0 Å². The molecule has 5 nitrogen and oxygen atoms in total.